The monoisotopic (exact) mass is 887 g/mol. The molecule has 3 aliphatic rings. The number of anilines is 2. The Balaban J connectivity index is 0.989. The van der Waals surface area contributed by atoms with Crippen molar-refractivity contribution >= 4 is 63.7 Å². The number of amides is 2. The second-order valence-corrected chi connectivity index (χ2v) is 21.4. The lowest BCUT2D eigenvalue weighted by Gasteiger charge is -2.50. The third kappa shape index (κ3) is 8.35. The molecule has 336 valence electrons. The third-order valence-electron chi connectivity index (χ3n) is 13.4. The minimum Gasteiger partial charge on any atom is -0.508 e. The number of aromatic hydroxyl groups is 1. The Bertz CT molecular complexity index is 2380. The van der Waals surface area contributed by atoms with Crippen molar-refractivity contribution in [2.45, 2.75) is 75.9 Å². The molecular formula is C51H60N4O8P+. The van der Waals surface area contributed by atoms with Crippen molar-refractivity contribution < 1.29 is 39.6 Å². The van der Waals surface area contributed by atoms with Crippen LogP contribution in [-0.2, 0) is 25.6 Å². The van der Waals surface area contributed by atoms with Gasteiger partial charge in [-0.15, -0.1) is 0 Å². The summed E-state index contributed by atoms with van der Waals surface area (Å²) in [4.78, 5) is 56.7. The van der Waals surface area contributed by atoms with Crippen LogP contribution in [0.2, 0.25) is 0 Å². The van der Waals surface area contributed by atoms with Crippen molar-refractivity contribution in [1.82, 2.24) is 4.90 Å². The van der Waals surface area contributed by atoms with E-state index in [0.717, 1.165) is 44.7 Å². The Kier molecular flexibility index (Phi) is 13.8. The molecule has 0 bridgehead atoms. The number of aliphatic hydroxyl groups excluding tert-OH is 2. The van der Waals surface area contributed by atoms with Gasteiger partial charge in [0.05, 0.1) is 23.5 Å². The van der Waals surface area contributed by atoms with Gasteiger partial charge in [-0.25, -0.2) is 0 Å². The summed E-state index contributed by atoms with van der Waals surface area (Å²) in [5, 5.41) is 53.6. The predicted molar refractivity (Wildman–Crippen MR) is 254 cm³/mol. The molecule has 0 heterocycles. The Labute approximate surface area is 375 Å². The summed E-state index contributed by atoms with van der Waals surface area (Å²) in [6, 6.07) is 33.3. The van der Waals surface area contributed by atoms with Crippen molar-refractivity contribution in [1.29, 1.82) is 0 Å². The van der Waals surface area contributed by atoms with Crippen LogP contribution in [0, 0.1) is 11.8 Å². The van der Waals surface area contributed by atoms with Gasteiger partial charge in [0.1, 0.15) is 46.0 Å². The number of ketones is 2. The smallest absolute Gasteiger partial charge is 0.255 e. The van der Waals surface area contributed by atoms with Gasteiger partial charge < -0.3 is 36.4 Å². The number of nitrogens with zero attached hydrogens (tertiary/aromatic N) is 2. The number of fused-ring (bicyclic) bond motifs is 3. The van der Waals surface area contributed by atoms with E-state index >= 15 is 0 Å². The van der Waals surface area contributed by atoms with Crippen LogP contribution in [0.5, 0.6) is 5.75 Å². The van der Waals surface area contributed by atoms with E-state index in [2.05, 4.69) is 96.3 Å². The molecule has 1 saturated carbocycles. The van der Waals surface area contributed by atoms with Crippen LogP contribution in [0.1, 0.15) is 68.9 Å². The third-order valence-corrected chi connectivity index (χ3v) is 18.0. The number of phenols is 1. The largest absolute Gasteiger partial charge is 0.508 e. The van der Waals surface area contributed by atoms with Gasteiger partial charge in [-0.05, 0) is 100 Å². The number of nitrogens with two attached hydrogens (primary N) is 1. The highest BCUT2D eigenvalue weighted by molar-refractivity contribution is 7.95. The maximum Gasteiger partial charge on any atom is 0.255 e. The fourth-order valence-electron chi connectivity index (χ4n) is 10.4. The van der Waals surface area contributed by atoms with Crippen LogP contribution >= 0.6 is 7.26 Å². The lowest BCUT2D eigenvalue weighted by Crippen LogP contribution is -2.65. The fourth-order valence-corrected chi connectivity index (χ4v) is 14.8. The van der Waals surface area contributed by atoms with E-state index < -0.39 is 71.1 Å². The second kappa shape index (κ2) is 19.1. The molecule has 7 rings (SSSR count). The summed E-state index contributed by atoms with van der Waals surface area (Å²) < 4.78 is 0. The van der Waals surface area contributed by atoms with Crippen LogP contribution in [0.15, 0.2) is 114 Å². The van der Waals surface area contributed by atoms with Gasteiger partial charge in [0.25, 0.3) is 5.91 Å². The van der Waals surface area contributed by atoms with Crippen molar-refractivity contribution in [3.05, 3.63) is 125 Å². The van der Waals surface area contributed by atoms with E-state index in [0.29, 0.717) is 17.7 Å². The topological polar surface area (TPSA) is 194 Å². The summed E-state index contributed by atoms with van der Waals surface area (Å²) in [6.07, 6.45) is 8.28. The molecule has 0 spiro atoms. The quantitative estimate of drug-likeness (QED) is 0.0313. The number of phenolic OH excluding ortho intramolecular Hbond substituents is 1. The van der Waals surface area contributed by atoms with Gasteiger partial charge >= 0.3 is 0 Å². The van der Waals surface area contributed by atoms with Crippen LogP contribution in [0.25, 0.3) is 5.76 Å². The highest BCUT2D eigenvalue weighted by Gasteiger charge is 2.64. The molecule has 0 unspecified atom stereocenters. The molecule has 3 aliphatic carbocycles. The fraction of sp³-hybridized carbons (Fsp3) is 0.373. The SMILES string of the molecule is CN(C)c1cc(NC(=O)CCCCCCCCC[P+](c2ccccc2)(c2ccccc2)c2ccccc2)c(O)c2c1C[C@H]1C[C@H]3[C@H](N(C)C)C(=O)C(C(N)=O)=C(O)[C@@]3(O)C(=O)C1=C2O. The Morgan fingerprint density at radius 2 is 1.30 bits per heavy atom. The summed E-state index contributed by atoms with van der Waals surface area (Å²) in [5.41, 5.74) is 2.67. The predicted octanol–water partition coefficient (Wildman–Crippen LogP) is 6.08. The van der Waals surface area contributed by atoms with Crippen molar-refractivity contribution in [2.24, 2.45) is 17.6 Å². The summed E-state index contributed by atoms with van der Waals surface area (Å²) in [5.74, 6) is -7.59. The molecule has 7 N–H and O–H groups in total. The van der Waals surface area contributed by atoms with Gasteiger partial charge in [0.2, 0.25) is 11.7 Å². The number of carbonyl (C=O) groups is 4. The van der Waals surface area contributed by atoms with Crippen LogP contribution in [0.3, 0.4) is 0 Å². The molecule has 12 nitrogen and oxygen atoms in total. The van der Waals surface area contributed by atoms with Gasteiger partial charge in [0.15, 0.2) is 11.4 Å². The number of unbranched alkanes of at least 4 members (excludes halogenated alkanes) is 6. The minimum atomic E-state index is -2.74. The number of primary amides is 1. The van der Waals surface area contributed by atoms with Gasteiger partial charge in [-0.1, -0.05) is 80.3 Å². The van der Waals surface area contributed by atoms with Gasteiger partial charge in [-0.3, -0.25) is 24.1 Å². The molecule has 0 saturated heterocycles. The number of aliphatic hydroxyl groups is 3. The Hall–Kier alpha value is -5.81. The first-order chi connectivity index (χ1) is 30.6. The number of hydrogen-bond acceptors (Lipinski definition) is 10. The maximum absolute atomic E-state index is 14.3. The summed E-state index contributed by atoms with van der Waals surface area (Å²) in [7, 11) is 4.82. The molecule has 13 heteroatoms. The van der Waals surface area contributed by atoms with Crippen LogP contribution in [-0.4, -0.2) is 94.7 Å². The maximum atomic E-state index is 14.3. The standard InChI is InChI=1S/C51H59N4O8P/c1-54(2)39-31-38(45(57)42-36(39)29-32-30-37-44(55(3)4)47(59)43(50(52)62)49(61)51(37,63)48(60)41(32)46(42)58)53-40(56)27-19-8-6-5-7-9-20-28-64(33-21-13-10-14-22-33,34-23-15-11-16-24-34)35-25-17-12-18-26-35/h10-18,21-26,31-32,37,44,63H,5-9,19-20,27-30H2,1-4H3,(H5-,52,53,56,57,58,59,60,61,62)/p+1/t32-,37-,44-,51-/m0/s1. The molecule has 0 aromatic heterocycles. The average Bonchev–Trinajstić information content (AvgIpc) is 3.27. The summed E-state index contributed by atoms with van der Waals surface area (Å²) >= 11 is 0. The lowest BCUT2D eigenvalue weighted by atomic mass is 9.57. The molecule has 1 fully saturated rings. The van der Waals surface area contributed by atoms with E-state index in [1.807, 2.05) is 0 Å². The van der Waals surface area contributed by atoms with E-state index in [9.17, 15) is 39.6 Å². The van der Waals surface area contributed by atoms with Crippen molar-refractivity contribution in [3.8, 4) is 5.75 Å². The number of benzene rings is 4. The van der Waals surface area contributed by atoms with Gasteiger partial charge in [0, 0.05) is 37.7 Å². The zero-order valence-corrected chi connectivity index (χ0v) is 38.0. The molecule has 4 aromatic carbocycles. The summed E-state index contributed by atoms with van der Waals surface area (Å²) in [6.45, 7) is 0. The first-order valence-electron chi connectivity index (χ1n) is 22.2. The Morgan fingerprint density at radius 3 is 1.80 bits per heavy atom. The highest BCUT2D eigenvalue weighted by atomic mass is 31.2. The average molecular weight is 888 g/mol. The van der Waals surface area contributed by atoms with Gasteiger partial charge in [-0.2, -0.15) is 0 Å². The second-order valence-electron chi connectivity index (χ2n) is 17.8. The zero-order valence-electron chi connectivity index (χ0n) is 37.1. The van der Waals surface area contributed by atoms with E-state index in [-0.39, 0.29) is 42.0 Å². The number of Topliss-reactive ketones (excluding diaryl/α,β-unsaturated/α-hetero) is 2. The number of carbonyl (C=O) groups excluding carboxylic acids is 4. The molecule has 0 radical (unpaired) electrons. The van der Waals surface area contributed by atoms with E-state index in [1.54, 1.807) is 39.2 Å². The molecule has 64 heavy (non-hydrogen) atoms. The molecular weight excluding hydrogens is 828 g/mol. The molecule has 2 amide bonds. The number of likely N-dealkylation sites (N-methyl/N-ethyl adjacent to an activating group) is 1. The zero-order chi connectivity index (χ0) is 45.9. The first-order valence-corrected chi connectivity index (χ1v) is 24.2. The number of nitrogens with one attached hydrogen (secondary N) is 1. The molecule has 4 atom stereocenters. The van der Waals surface area contributed by atoms with E-state index in [4.69, 9.17) is 5.73 Å². The molecule has 0 aliphatic heterocycles. The van der Waals surface area contributed by atoms with Crippen LogP contribution < -0.4 is 31.9 Å². The lowest BCUT2D eigenvalue weighted by molar-refractivity contribution is -0.153. The van der Waals surface area contributed by atoms with E-state index in [1.165, 1.54) is 20.8 Å². The first kappa shape index (κ1) is 46.2. The van der Waals surface area contributed by atoms with Crippen molar-refractivity contribution in [3.63, 3.8) is 0 Å². The Morgan fingerprint density at radius 1 is 0.781 bits per heavy atom. The highest BCUT2D eigenvalue weighted by Crippen LogP contribution is 2.57. The van der Waals surface area contributed by atoms with Crippen molar-refractivity contribution in [2.75, 3.05) is 44.6 Å². The number of rotatable bonds is 17. The minimum absolute atomic E-state index is 0.0173. The molecule has 4 aromatic rings. The number of hydrogen-bond donors (Lipinski definition) is 6. The normalized spacial score (nSPS) is 20.8. The van der Waals surface area contributed by atoms with Crippen LogP contribution in [0.4, 0.5) is 11.4 Å².